The second-order valence-corrected chi connectivity index (χ2v) is 7.48. The first-order valence-corrected chi connectivity index (χ1v) is 9.89. The zero-order valence-electron chi connectivity index (χ0n) is 15.7. The van der Waals surface area contributed by atoms with Crippen LogP contribution in [0.3, 0.4) is 0 Å². The molecule has 0 radical (unpaired) electrons. The van der Waals surface area contributed by atoms with Crippen LogP contribution in [0.4, 0.5) is 0 Å². The van der Waals surface area contributed by atoms with Gasteiger partial charge in [0, 0.05) is 12.8 Å². The monoisotopic (exact) mass is 340 g/mol. The van der Waals surface area contributed by atoms with Crippen LogP contribution in [0.5, 0.6) is 0 Å². The van der Waals surface area contributed by atoms with Crippen molar-refractivity contribution < 1.29 is 19.1 Å². The van der Waals surface area contributed by atoms with Gasteiger partial charge in [0.25, 0.3) is 0 Å². The molecule has 0 aromatic heterocycles. The van der Waals surface area contributed by atoms with Crippen molar-refractivity contribution in [2.45, 2.75) is 90.9 Å². The van der Waals surface area contributed by atoms with Gasteiger partial charge in [-0.3, -0.25) is 9.59 Å². The number of ether oxygens (including phenoxy) is 2. The minimum absolute atomic E-state index is 0.129. The van der Waals surface area contributed by atoms with Crippen LogP contribution in [0, 0.1) is 11.8 Å². The lowest BCUT2D eigenvalue weighted by atomic mass is 9.87. The van der Waals surface area contributed by atoms with E-state index in [0.717, 1.165) is 25.2 Å². The highest BCUT2D eigenvalue weighted by Gasteiger charge is 2.14. The van der Waals surface area contributed by atoms with E-state index in [2.05, 4.69) is 13.8 Å². The first-order valence-electron chi connectivity index (χ1n) is 9.89. The van der Waals surface area contributed by atoms with Crippen LogP contribution in [0.25, 0.3) is 0 Å². The van der Waals surface area contributed by atoms with Crippen LogP contribution in [0.2, 0.25) is 0 Å². The predicted octanol–water partition coefficient (Wildman–Crippen LogP) is 5.04. The first-order chi connectivity index (χ1) is 11.6. The van der Waals surface area contributed by atoms with Gasteiger partial charge in [-0.05, 0) is 43.9 Å². The van der Waals surface area contributed by atoms with Crippen molar-refractivity contribution in [3.63, 3.8) is 0 Å². The summed E-state index contributed by atoms with van der Waals surface area (Å²) in [6, 6.07) is 0. The zero-order chi connectivity index (χ0) is 17.6. The van der Waals surface area contributed by atoms with Crippen molar-refractivity contribution in [3.8, 4) is 0 Å². The fourth-order valence-electron chi connectivity index (χ4n) is 3.18. The topological polar surface area (TPSA) is 52.6 Å². The number of rotatable bonds is 12. The molecule has 0 N–H and O–H groups in total. The molecule has 1 rings (SSSR count). The number of esters is 2. The summed E-state index contributed by atoms with van der Waals surface area (Å²) in [5.41, 5.74) is 0. The summed E-state index contributed by atoms with van der Waals surface area (Å²) in [7, 11) is 0. The minimum Gasteiger partial charge on any atom is -0.466 e. The summed E-state index contributed by atoms with van der Waals surface area (Å²) in [5, 5.41) is 0. The third-order valence-electron chi connectivity index (χ3n) is 4.71. The Morgan fingerprint density at radius 2 is 1.46 bits per heavy atom. The molecule has 0 aromatic carbocycles. The summed E-state index contributed by atoms with van der Waals surface area (Å²) < 4.78 is 10.5. The van der Waals surface area contributed by atoms with Crippen LogP contribution in [-0.4, -0.2) is 25.2 Å². The van der Waals surface area contributed by atoms with Crippen molar-refractivity contribution in [1.29, 1.82) is 0 Å². The zero-order valence-corrected chi connectivity index (χ0v) is 15.7. The van der Waals surface area contributed by atoms with Crippen LogP contribution in [-0.2, 0) is 19.1 Å². The van der Waals surface area contributed by atoms with Crippen molar-refractivity contribution >= 4 is 11.9 Å². The van der Waals surface area contributed by atoms with Gasteiger partial charge in [0.1, 0.15) is 0 Å². The smallest absolute Gasteiger partial charge is 0.305 e. The molecule has 0 aromatic rings. The van der Waals surface area contributed by atoms with Crippen molar-refractivity contribution in [3.05, 3.63) is 0 Å². The van der Waals surface area contributed by atoms with Gasteiger partial charge < -0.3 is 9.47 Å². The molecule has 1 saturated carbocycles. The molecule has 4 nitrogen and oxygen atoms in total. The lowest BCUT2D eigenvalue weighted by Gasteiger charge is -2.21. The van der Waals surface area contributed by atoms with Gasteiger partial charge in [0.2, 0.25) is 0 Å². The van der Waals surface area contributed by atoms with Gasteiger partial charge in [0.15, 0.2) is 0 Å². The maximum absolute atomic E-state index is 11.7. The van der Waals surface area contributed by atoms with E-state index in [-0.39, 0.29) is 11.9 Å². The third-order valence-corrected chi connectivity index (χ3v) is 4.71. The van der Waals surface area contributed by atoms with Gasteiger partial charge in [-0.1, -0.05) is 46.0 Å². The van der Waals surface area contributed by atoms with E-state index < -0.39 is 0 Å². The van der Waals surface area contributed by atoms with E-state index in [1.165, 1.54) is 32.1 Å². The van der Waals surface area contributed by atoms with Gasteiger partial charge in [-0.25, -0.2) is 0 Å². The maximum atomic E-state index is 11.7. The van der Waals surface area contributed by atoms with E-state index in [1.807, 2.05) is 0 Å². The largest absolute Gasteiger partial charge is 0.466 e. The van der Waals surface area contributed by atoms with Crippen molar-refractivity contribution in [2.75, 3.05) is 13.2 Å². The Kier molecular flexibility index (Phi) is 11.6. The fraction of sp³-hybridized carbons (Fsp3) is 0.900. The highest BCUT2D eigenvalue weighted by atomic mass is 16.5. The summed E-state index contributed by atoms with van der Waals surface area (Å²) in [6.07, 6.45) is 11.8. The molecule has 1 aliphatic rings. The highest BCUT2D eigenvalue weighted by Crippen LogP contribution is 2.26. The average molecular weight is 341 g/mol. The third kappa shape index (κ3) is 11.5. The summed E-state index contributed by atoms with van der Waals surface area (Å²) in [4.78, 5) is 23.2. The van der Waals surface area contributed by atoms with E-state index in [9.17, 15) is 9.59 Å². The van der Waals surface area contributed by atoms with E-state index in [1.54, 1.807) is 0 Å². The molecule has 0 bridgehead atoms. The van der Waals surface area contributed by atoms with Crippen LogP contribution in [0.1, 0.15) is 90.9 Å². The molecule has 4 heteroatoms. The molecule has 0 saturated heterocycles. The van der Waals surface area contributed by atoms with Crippen LogP contribution >= 0.6 is 0 Å². The second kappa shape index (κ2) is 13.3. The predicted molar refractivity (Wildman–Crippen MR) is 95.7 cm³/mol. The number of carbonyl (C=O) groups excluding carboxylic acids is 2. The van der Waals surface area contributed by atoms with Crippen LogP contribution < -0.4 is 0 Å². The maximum Gasteiger partial charge on any atom is 0.305 e. The number of unbranched alkanes of at least 4 members (excludes halogenated alkanes) is 1. The lowest BCUT2D eigenvalue weighted by molar-refractivity contribution is -0.146. The van der Waals surface area contributed by atoms with Gasteiger partial charge in [0.05, 0.1) is 13.2 Å². The van der Waals surface area contributed by atoms with Gasteiger partial charge >= 0.3 is 11.9 Å². The molecular formula is C20H36O4. The standard InChI is InChI=1S/C20H36O4/c1-17(2)9-8-15-23-19(21)12-6-7-13-20(22)24-16-14-18-10-4-3-5-11-18/h17-18H,3-16H2,1-2H3. The normalized spacial score (nSPS) is 15.5. The summed E-state index contributed by atoms with van der Waals surface area (Å²) in [6.45, 7) is 5.40. The van der Waals surface area contributed by atoms with Crippen molar-refractivity contribution in [1.82, 2.24) is 0 Å². The molecular weight excluding hydrogens is 304 g/mol. The Morgan fingerprint density at radius 3 is 2.04 bits per heavy atom. The van der Waals surface area contributed by atoms with E-state index in [4.69, 9.17) is 9.47 Å². The molecule has 0 unspecified atom stereocenters. The van der Waals surface area contributed by atoms with E-state index in [0.29, 0.717) is 44.8 Å². The second-order valence-electron chi connectivity index (χ2n) is 7.48. The molecule has 1 aliphatic carbocycles. The van der Waals surface area contributed by atoms with E-state index >= 15 is 0 Å². The number of hydrogen-bond donors (Lipinski definition) is 0. The molecule has 0 spiro atoms. The lowest BCUT2D eigenvalue weighted by Crippen LogP contribution is -2.12. The molecule has 24 heavy (non-hydrogen) atoms. The number of carbonyl (C=O) groups is 2. The molecule has 1 fully saturated rings. The van der Waals surface area contributed by atoms with Crippen molar-refractivity contribution in [2.24, 2.45) is 11.8 Å². The molecule has 0 aliphatic heterocycles. The fourth-order valence-corrected chi connectivity index (χ4v) is 3.18. The molecule has 0 atom stereocenters. The van der Waals surface area contributed by atoms with Gasteiger partial charge in [-0.15, -0.1) is 0 Å². The first kappa shape index (κ1) is 21.0. The SMILES string of the molecule is CC(C)CCCOC(=O)CCCCC(=O)OCCC1CCCCC1. The Labute approximate surface area is 147 Å². The Bertz CT molecular complexity index is 346. The average Bonchev–Trinajstić information content (AvgIpc) is 2.56. The molecule has 0 amide bonds. The Balaban J connectivity index is 1.90. The summed E-state index contributed by atoms with van der Waals surface area (Å²) >= 11 is 0. The number of hydrogen-bond acceptors (Lipinski definition) is 4. The quantitative estimate of drug-likeness (QED) is 0.369. The Hall–Kier alpha value is -1.06. The van der Waals surface area contributed by atoms with Crippen LogP contribution in [0.15, 0.2) is 0 Å². The summed E-state index contributed by atoms with van der Waals surface area (Å²) in [5.74, 6) is 1.12. The molecule has 140 valence electrons. The molecule has 0 heterocycles. The highest BCUT2D eigenvalue weighted by molar-refractivity contribution is 5.70. The van der Waals surface area contributed by atoms with Gasteiger partial charge in [-0.2, -0.15) is 0 Å². The minimum atomic E-state index is -0.149. The Morgan fingerprint density at radius 1 is 0.875 bits per heavy atom.